The molecular formula is C13H15N5S2. The number of aromatic nitrogens is 5. The lowest BCUT2D eigenvalue weighted by atomic mass is 10.3. The van der Waals surface area contributed by atoms with Crippen LogP contribution in [0.4, 0.5) is 0 Å². The number of pyridine rings is 1. The summed E-state index contributed by atoms with van der Waals surface area (Å²) in [5, 5.41) is 14.0. The molecule has 104 valence electrons. The van der Waals surface area contributed by atoms with Crippen LogP contribution >= 0.6 is 23.1 Å². The number of thioether (sulfide) groups is 1. The van der Waals surface area contributed by atoms with Crippen LogP contribution in [0.5, 0.6) is 0 Å². The van der Waals surface area contributed by atoms with Gasteiger partial charge in [0.15, 0.2) is 5.82 Å². The van der Waals surface area contributed by atoms with E-state index in [9.17, 15) is 0 Å². The van der Waals surface area contributed by atoms with Gasteiger partial charge in [-0.25, -0.2) is 0 Å². The highest BCUT2D eigenvalue weighted by molar-refractivity contribution is 7.99. The molecule has 7 heteroatoms. The summed E-state index contributed by atoms with van der Waals surface area (Å²) in [6, 6.07) is 3.91. The van der Waals surface area contributed by atoms with Gasteiger partial charge in [0.1, 0.15) is 5.01 Å². The van der Waals surface area contributed by atoms with Gasteiger partial charge in [-0.1, -0.05) is 32.1 Å². The third-order valence-electron chi connectivity index (χ3n) is 2.62. The van der Waals surface area contributed by atoms with Gasteiger partial charge in [-0.2, -0.15) is 9.61 Å². The molecule has 0 saturated carbocycles. The molecule has 3 aromatic rings. The molecule has 3 rings (SSSR count). The standard InChI is InChI=1S/C13H15N5S2/c1-13(2,3)19-8-10-15-16-12-18(10)17-11(20-12)9-4-6-14-7-5-9/h4-7H,8H2,1-3H3. The Morgan fingerprint density at radius 3 is 2.65 bits per heavy atom. The molecule has 5 nitrogen and oxygen atoms in total. The predicted octanol–water partition coefficient (Wildman–Crippen LogP) is 3.28. The molecule has 0 spiro atoms. The largest absolute Gasteiger partial charge is 0.265 e. The molecule has 0 aliphatic rings. The van der Waals surface area contributed by atoms with E-state index in [1.54, 1.807) is 23.7 Å². The summed E-state index contributed by atoms with van der Waals surface area (Å²) in [5.74, 6) is 1.71. The van der Waals surface area contributed by atoms with Crippen molar-refractivity contribution >= 4 is 28.1 Å². The highest BCUT2D eigenvalue weighted by atomic mass is 32.2. The van der Waals surface area contributed by atoms with Crippen LogP contribution < -0.4 is 0 Å². The smallest absolute Gasteiger partial charge is 0.235 e. The van der Waals surface area contributed by atoms with E-state index in [-0.39, 0.29) is 4.75 Å². The summed E-state index contributed by atoms with van der Waals surface area (Å²) in [6.45, 7) is 6.58. The third-order valence-corrected chi connectivity index (χ3v) is 4.83. The predicted molar refractivity (Wildman–Crippen MR) is 82.9 cm³/mol. The van der Waals surface area contributed by atoms with Crippen LogP contribution in [0.3, 0.4) is 0 Å². The van der Waals surface area contributed by atoms with Gasteiger partial charge in [0.05, 0.1) is 5.75 Å². The monoisotopic (exact) mass is 305 g/mol. The summed E-state index contributed by atoms with van der Waals surface area (Å²) < 4.78 is 2.05. The average molecular weight is 305 g/mol. The number of hydrogen-bond acceptors (Lipinski definition) is 6. The van der Waals surface area contributed by atoms with E-state index in [0.717, 1.165) is 27.1 Å². The SMILES string of the molecule is CC(C)(C)SCc1nnc2sc(-c3ccncc3)nn12. The van der Waals surface area contributed by atoms with Gasteiger partial charge < -0.3 is 0 Å². The van der Waals surface area contributed by atoms with E-state index in [4.69, 9.17) is 0 Å². The van der Waals surface area contributed by atoms with Crippen LogP contribution in [-0.4, -0.2) is 29.5 Å². The minimum atomic E-state index is 0.204. The molecule has 3 aromatic heterocycles. The van der Waals surface area contributed by atoms with Gasteiger partial charge in [0.2, 0.25) is 4.96 Å². The number of rotatable bonds is 3. The second-order valence-electron chi connectivity index (χ2n) is 5.35. The summed E-state index contributed by atoms with van der Waals surface area (Å²) in [4.78, 5) is 4.86. The number of hydrogen-bond donors (Lipinski definition) is 0. The van der Waals surface area contributed by atoms with Crippen molar-refractivity contribution in [1.82, 2.24) is 24.8 Å². The van der Waals surface area contributed by atoms with Gasteiger partial charge in [0.25, 0.3) is 0 Å². The van der Waals surface area contributed by atoms with E-state index in [2.05, 4.69) is 41.1 Å². The lowest BCUT2D eigenvalue weighted by Crippen LogP contribution is -2.08. The Kier molecular flexibility index (Phi) is 3.47. The first-order valence-electron chi connectivity index (χ1n) is 6.28. The van der Waals surface area contributed by atoms with Crippen molar-refractivity contribution in [2.24, 2.45) is 0 Å². The van der Waals surface area contributed by atoms with E-state index in [1.807, 2.05) is 28.4 Å². The van der Waals surface area contributed by atoms with Crippen molar-refractivity contribution in [3.8, 4) is 10.6 Å². The first-order valence-corrected chi connectivity index (χ1v) is 8.09. The Labute approximate surface area is 125 Å². The molecule has 0 unspecified atom stereocenters. The maximum Gasteiger partial charge on any atom is 0.235 e. The molecule has 20 heavy (non-hydrogen) atoms. The first kappa shape index (κ1) is 13.5. The highest BCUT2D eigenvalue weighted by Crippen LogP contribution is 2.29. The molecule has 0 radical (unpaired) electrons. The Bertz CT molecular complexity index is 711. The number of nitrogens with zero attached hydrogens (tertiary/aromatic N) is 5. The maximum atomic E-state index is 4.61. The first-order chi connectivity index (χ1) is 9.53. The van der Waals surface area contributed by atoms with E-state index < -0.39 is 0 Å². The van der Waals surface area contributed by atoms with E-state index >= 15 is 0 Å². The van der Waals surface area contributed by atoms with Crippen molar-refractivity contribution in [3.05, 3.63) is 30.4 Å². The molecule has 0 saturated heterocycles. The molecule has 0 aliphatic carbocycles. The maximum absolute atomic E-state index is 4.61. The summed E-state index contributed by atoms with van der Waals surface area (Å²) in [7, 11) is 0. The third kappa shape index (κ3) is 2.83. The fraction of sp³-hybridized carbons (Fsp3) is 0.385. The van der Waals surface area contributed by atoms with Gasteiger partial charge in [-0.15, -0.1) is 22.0 Å². The molecule has 0 aromatic carbocycles. The van der Waals surface area contributed by atoms with Crippen molar-refractivity contribution in [3.63, 3.8) is 0 Å². The lowest BCUT2D eigenvalue weighted by Gasteiger charge is -2.16. The topological polar surface area (TPSA) is 56.0 Å². The zero-order valence-corrected chi connectivity index (χ0v) is 13.2. The zero-order chi connectivity index (χ0) is 14.2. The van der Waals surface area contributed by atoms with Crippen LogP contribution in [0.25, 0.3) is 15.5 Å². The van der Waals surface area contributed by atoms with E-state index in [1.165, 1.54) is 0 Å². The van der Waals surface area contributed by atoms with Crippen LogP contribution in [0.1, 0.15) is 26.6 Å². The Hall–Kier alpha value is -1.47. The molecule has 0 N–H and O–H groups in total. The van der Waals surface area contributed by atoms with Crippen molar-refractivity contribution in [2.45, 2.75) is 31.3 Å². The van der Waals surface area contributed by atoms with Crippen molar-refractivity contribution in [1.29, 1.82) is 0 Å². The zero-order valence-electron chi connectivity index (χ0n) is 11.6. The summed E-state index contributed by atoms with van der Waals surface area (Å²) in [5.41, 5.74) is 1.06. The molecule has 0 aliphatic heterocycles. The molecular weight excluding hydrogens is 290 g/mol. The average Bonchev–Trinajstić information content (AvgIpc) is 2.96. The van der Waals surface area contributed by atoms with Crippen molar-refractivity contribution < 1.29 is 0 Å². The quantitative estimate of drug-likeness (QED) is 0.743. The molecule has 3 heterocycles. The molecule has 0 fully saturated rings. The highest BCUT2D eigenvalue weighted by Gasteiger charge is 2.16. The van der Waals surface area contributed by atoms with Gasteiger partial charge in [-0.3, -0.25) is 4.98 Å². The normalized spacial score (nSPS) is 12.2. The molecule has 0 atom stereocenters. The van der Waals surface area contributed by atoms with Crippen LogP contribution in [0.2, 0.25) is 0 Å². The van der Waals surface area contributed by atoms with Crippen LogP contribution in [0, 0.1) is 0 Å². The fourth-order valence-corrected chi connectivity index (χ4v) is 3.25. The van der Waals surface area contributed by atoms with Gasteiger partial charge in [-0.05, 0) is 12.1 Å². The second-order valence-corrected chi connectivity index (χ2v) is 8.11. The van der Waals surface area contributed by atoms with Gasteiger partial charge in [0, 0.05) is 22.7 Å². The second kappa shape index (κ2) is 5.14. The minimum Gasteiger partial charge on any atom is -0.265 e. The summed E-state index contributed by atoms with van der Waals surface area (Å²) >= 11 is 3.39. The Balaban J connectivity index is 1.91. The lowest BCUT2D eigenvalue weighted by molar-refractivity contribution is 0.796. The van der Waals surface area contributed by atoms with Crippen LogP contribution in [0.15, 0.2) is 24.5 Å². The Morgan fingerprint density at radius 2 is 1.95 bits per heavy atom. The summed E-state index contributed by atoms with van der Waals surface area (Å²) in [6.07, 6.45) is 3.54. The van der Waals surface area contributed by atoms with Crippen molar-refractivity contribution in [2.75, 3.05) is 0 Å². The number of fused-ring (bicyclic) bond motifs is 1. The Morgan fingerprint density at radius 1 is 1.20 bits per heavy atom. The van der Waals surface area contributed by atoms with Gasteiger partial charge >= 0.3 is 0 Å². The van der Waals surface area contributed by atoms with E-state index in [0.29, 0.717) is 0 Å². The van der Waals surface area contributed by atoms with Crippen LogP contribution in [-0.2, 0) is 5.75 Å². The minimum absolute atomic E-state index is 0.204. The molecule has 0 bridgehead atoms. The molecule has 0 amide bonds. The fourth-order valence-electron chi connectivity index (χ4n) is 1.64.